The van der Waals surface area contributed by atoms with Gasteiger partial charge in [0, 0.05) is 7.11 Å². The van der Waals surface area contributed by atoms with E-state index in [9.17, 15) is 15.3 Å². The lowest BCUT2D eigenvalue weighted by molar-refractivity contribution is -0.175. The summed E-state index contributed by atoms with van der Waals surface area (Å²) in [5.74, 6) is 0. The minimum Gasteiger partial charge on any atom is -0.394 e. The first kappa shape index (κ1) is 12.8. The Morgan fingerprint density at radius 2 is 2.07 bits per heavy atom. The van der Waals surface area contributed by atoms with E-state index in [1.807, 2.05) is 0 Å². The average molecular weight is 223 g/mol. The maximum absolute atomic E-state index is 9.54. The summed E-state index contributed by atoms with van der Waals surface area (Å²) in [6.45, 7) is -0.610. The fourth-order valence-electron chi connectivity index (χ4n) is 1.53. The van der Waals surface area contributed by atoms with Crippen LogP contribution in [0.1, 0.15) is 0 Å². The van der Waals surface area contributed by atoms with Crippen molar-refractivity contribution >= 4 is 0 Å². The van der Waals surface area contributed by atoms with Crippen LogP contribution in [0.15, 0.2) is 0 Å². The van der Waals surface area contributed by atoms with Crippen molar-refractivity contribution in [1.82, 2.24) is 0 Å². The van der Waals surface area contributed by atoms with Crippen LogP contribution in [0.3, 0.4) is 0 Å². The Morgan fingerprint density at radius 3 is 2.47 bits per heavy atom. The molecule has 0 aromatic carbocycles. The highest BCUT2D eigenvalue weighted by Gasteiger charge is 2.46. The quantitative estimate of drug-likeness (QED) is 0.339. The van der Waals surface area contributed by atoms with Crippen molar-refractivity contribution in [2.24, 2.45) is 5.73 Å². The number of rotatable bonds is 4. The van der Waals surface area contributed by atoms with Crippen molar-refractivity contribution in [2.45, 2.75) is 36.7 Å². The Labute approximate surface area is 87.0 Å². The summed E-state index contributed by atoms with van der Waals surface area (Å²) < 4.78 is 9.88. The van der Waals surface area contributed by atoms with Crippen LogP contribution in [-0.4, -0.2) is 70.9 Å². The lowest BCUT2D eigenvalue weighted by Gasteiger charge is -2.24. The van der Waals surface area contributed by atoms with Gasteiger partial charge in [-0.25, -0.2) is 0 Å². The van der Waals surface area contributed by atoms with Crippen LogP contribution >= 0.6 is 0 Å². The summed E-state index contributed by atoms with van der Waals surface area (Å²) in [7, 11) is 1.33. The molecule has 7 nitrogen and oxygen atoms in total. The summed E-state index contributed by atoms with van der Waals surface area (Å²) in [4.78, 5) is 0. The highest BCUT2D eigenvalue weighted by Crippen LogP contribution is 2.23. The first-order valence-corrected chi connectivity index (χ1v) is 4.61. The Bertz CT molecular complexity index is 204. The SMILES string of the molecule is CO[C@@H]1O[C@@H]([C@@H](O)[C@H](O)CO)[C@H](N)[C@@H]1O. The molecule has 0 bridgehead atoms. The van der Waals surface area contributed by atoms with Gasteiger partial charge in [0.05, 0.1) is 12.6 Å². The van der Waals surface area contributed by atoms with E-state index in [4.69, 9.17) is 20.3 Å². The number of ether oxygens (including phenoxy) is 2. The van der Waals surface area contributed by atoms with Crippen molar-refractivity contribution < 1.29 is 29.9 Å². The average Bonchev–Trinajstić information content (AvgIpc) is 2.54. The molecule has 15 heavy (non-hydrogen) atoms. The molecule has 0 spiro atoms. The van der Waals surface area contributed by atoms with Gasteiger partial charge in [0.15, 0.2) is 6.29 Å². The van der Waals surface area contributed by atoms with Crippen LogP contribution in [0, 0.1) is 0 Å². The zero-order chi connectivity index (χ0) is 11.6. The summed E-state index contributed by atoms with van der Waals surface area (Å²) in [5, 5.41) is 36.9. The van der Waals surface area contributed by atoms with Crippen LogP contribution in [0.4, 0.5) is 0 Å². The van der Waals surface area contributed by atoms with Gasteiger partial charge in [0.1, 0.15) is 24.4 Å². The molecule has 6 atom stereocenters. The summed E-state index contributed by atoms with van der Waals surface area (Å²) >= 11 is 0. The number of hydrogen-bond acceptors (Lipinski definition) is 7. The van der Waals surface area contributed by atoms with Gasteiger partial charge in [0.2, 0.25) is 0 Å². The van der Waals surface area contributed by atoms with E-state index in [0.29, 0.717) is 0 Å². The molecule has 0 aliphatic carbocycles. The smallest absolute Gasteiger partial charge is 0.185 e. The molecule has 1 heterocycles. The number of aliphatic hydroxyl groups excluding tert-OH is 4. The molecule has 1 saturated heterocycles. The lowest BCUT2D eigenvalue weighted by Crippen LogP contribution is -2.50. The van der Waals surface area contributed by atoms with Crippen LogP contribution in [0.25, 0.3) is 0 Å². The third kappa shape index (κ3) is 2.45. The highest BCUT2D eigenvalue weighted by molar-refractivity contribution is 4.95. The van der Waals surface area contributed by atoms with E-state index >= 15 is 0 Å². The molecule has 1 aliphatic rings. The maximum Gasteiger partial charge on any atom is 0.185 e. The van der Waals surface area contributed by atoms with Gasteiger partial charge in [-0.1, -0.05) is 0 Å². The number of hydrogen-bond donors (Lipinski definition) is 5. The van der Waals surface area contributed by atoms with E-state index in [-0.39, 0.29) is 0 Å². The maximum atomic E-state index is 9.54. The van der Waals surface area contributed by atoms with Crippen molar-refractivity contribution in [2.75, 3.05) is 13.7 Å². The molecule has 1 aliphatic heterocycles. The number of aliphatic hydroxyl groups is 4. The normalized spacial score (nSPS) is 40.4. The van der Waals surface area contributed by atoms with Crippen molar-refractivity contribution in [3.63, 3.8) is 0 Å². The van der Waals surface area contributed by atoms with Crippen LogP contribution in [0.2, 0.25) is 0 Å². The third-order valence-electron chi connectivity index (χ3n) is 2.49. The highest BCUT2D eigenvalue weighted by atomic mass is 16.7. The molecule has 0 saturated carbocycles. The fourth-order valence-corrected chi connectivity index (χ4v) is 1.53. The first-order valence-electron chi connectivity index (χ1n) is 4.61. The second kappa shape index (κ2) is 5.17. The van der Waals surface area contributed by atoms with Crippen LogP contribution in [0.5, 0.6) is 0 Å². The fraction of sp³-hybridized carbons (Fsp3) is 1.00. The molecule has 1 rings (SSSR count). The summed E-state index contributed by atoms with van der Waals surface area (Å²) in [6, 6.07) is -0.869. The van der Waals surface area contributed by atoms with E-state index < -0.39 is 43.4 Å². The number of nitrogens with two attached hydrogens (primary N) is 1. The van der Waals surface area contributed by atoms with Gasteiger partial charge in [-0.15, -0.1) is 0 Å². The van der Waals surface area contributed by atoms with Gasteiger partial charge >= 0.3 is 0 Å². The molecular formula is C8H17NO6. The zero-order valence-electron chi connectivity index (χ0n) is 8.35. The topological polar surface area (TPSA) is 125 Å². The second-order valence-electron chi connectivity index (χ2n) is 3.51. The summed E-state index contributed by atoms with van der Waals surface area (Å²) in [6.07, 6.45) is -5.68. The molecule has 6 N–H and O–H groups in total. The van der Waals surface area contributed by atoms with Crippen LogP contribution in [-0.2, 0) is 9.47 Å². The Morgan fingerprint density at radius 1 is 1.47 bits per heavy atom. The molecule has 0 radical (unpaired) electrons. The van der Waals surface area contributed by atoms with Crippen molar-refractivity contribution in [3.05, 3.63) is 0 Å². The molecule has 1 fully saturated rings. The minimum atomic E-state index is -1.36. The lowest BCUT2D eigenvalue weighted by atomic mass is 10.0. The Balaban J connectivity index is 2.64. The van der Waals surface area contributed by atoms with E-state index in [1.54, 1.807) is 0 Å². The van der Waals surface area contributed by atoms with Crippen molar-refractivity contribution in [1.29, 1.82) is 0 Å². The van der Waals surface area contributed by atoms with Gasteiger partial charge in [-0.2, -0.15) is 0 Å². The van der Waals surface area contributed by atoms with Gasteiger partial charge in [0.25, 0.3) is 0 Å². The Hall–Kier alpha value is -0.280. The predicted octanol–water partition coefficient (Wildman–Crippen LogP) is -3.24. The second-order valence-corrected chi connectivity index (χ2v) is 3.51. The van der Waals surface area contributed by atoms with Gasteiger partial charge in [-0.05, 0) is 0 Å². The van der Waals surface area contributed by atoms with E-state index in [0.717, 1.165) is 0 Å². The standard InChI is InChI=1S/C8H17NO6/c1-14-8-6(13)4(9)7(15-8)5(12)3(11)2-10/h3-8,10-13H,2,9H2,1H3/t3-,4-,5+,6+,7-,8-/m1/s1. The third-order valence-corrected chi connectivity index (χ3v) is 2.49. The van der Waals surface area contributed by atoms with E-state index in [2.05, 4.69) is 0 Å². The largest absolute Gasteiger partial charge is 0.394 e. The molecule has 0 amide bonds. The molecule has 0 aromatic heterocycles. The molecule has 0 unspecified atom stereocenters. The van der Waals surface area contributed by atoms with Crippen molar-refractivity contribution in [3.8, 4) is 0 Å². The van der Waals surface area contributed by atoms with E-state index in [1.165, 1.54) is 7.11 Å². The molecular weight excluding hydrogens is 206 g/mol. The number of methoxy groups -OCH3 is 1. The zero-order valence-corrected chi connectivity index (χ0v) is 8.35. The first-order chi connectivity index (χ1) is 7.02. The molecule has 0 aromatic rings. The summed E-state index contributed by atoms with van der Waals surface area (Å²) in [5.41, 5.74) is 5.57. The van der Waals surface area contributed by atoms with Gasteiger partial charge < -0.3 is 35.6 Å². The monoisotopic (exact) mass is 223 g/mol. The molecule has 90 valence electrons. The Kier molecular flexibility index (Phi) is 4.41. The van der Waals surface area contributed by atoms with Crippen LogP contribution < -0.4 is 5.73 Å². The van der Waals surface area contributed by atoms with Gasteiger partial charge in [-0.3, -0.25) is 0 Å². The molecule has 7 heteroatoms. The minimum absolute atomic E-state index is 0.610. The predicted molar refractivity (Wildman–Crippen MR) is 48.8 cm³/mol.